The number of fused-ring (bicyclic) bond motifs is 2. The molecule has 4 aromatic rings. The van der Waals surface area contributed by atoms with Crippen molar-refractivity contribution >= 4 is 175 Å². The van der Waals surface area contributed by atoms with E-state index >= 15 is 0 Å². The molecule has 2 aliphatic heterocycles. The van der Waals surface area contributed by atoms with Crippen molar-refractivity contribution in [1.29, 1.82) is 0 Å². The fraction of sp³-hybridized carbons (Fsp3) is 0.613. The SMILES string of the molecule is CC(C)C(=O)OC(C)(C)C.CC(C)[C@H](C)C(=O)N[C@@H](C)C(=O)N1CCC[C@@H](C(=O)OCC(Cl)(Cl)Cl)N1.CC(C)[C@H](NC(=O)CC1(/C=C/c2cc3cc([C@@H](C)O)ccc3cn2)CC1)C(=O)N[C@@H](C)C(=O)N1CCC[C@@H](C(=O)OCC(Cl)(Cl)Cl)N1.CCOC(=O)C(C)(C)/C=C/c1cc2cc([C@@H](C)O)ccc2cn1.C[Si](C)(C)OS(=O)(=O)C(F)(F)F.[Li+].[OH-]. The Labute approximate surface area is 745 Å². The van der Waals surface area contributed by atoms with Crippen LogP contribution in [0, 0.1) is 34.5 Å². The van der Waals surface area contributed by atoms with Crippen LogP contribution in [0.5, 0.6) is 0 Å². The van der Waals surface area contributed by atoms with E-state index in [1.54, 1.807) is 53.1 Å². The Morgan fingerprint density at radius 2 is 1.06 bits per heavy atom. The molecule has 3 fully saturated rings. The van der Waals surface area contributed by atoms with Crippen molar-refractivity contribution in [3.63, 3.8) is 0 Å². The van der Waals surface area contributed by atoms with E-state index in [2.05, 4.69) is 40.6 Å². The molecule has 0 spiro atoms. The number of hydrogen-bond acceptors (Lipinski definition) is 23. The quantitative estimate of drug-likeness (QED) is 0.0101. The second-order valence-electron chi connectivity index (χ2n) is 32.6. The van der Waals surface area contributed by atoms with E-state index in [-0.39, 0.29) is 102 Å². The first-order valence-corrected chi connectivity index (χ1v) is 45.7. The van der Waals surface area contributed by atoms with Crippen LogP contribution < -0.4 is 45.7 Å². The summed E-state index contributed by atoms with van der Waals surface area (Å²) >= 11 is 33.6. The van der Waals surface area contributed by atoms with Gasteiger partial charge >= 0.3 is 58.4 Å². The number of allylic oxidation sites excluding steroid dienone is 1. The number of carbonyl (C=O) groups is 9. The first-order chi connectivity index (χ1) is 54.1. The molecule has 5 amide bonds. The van der Waals surface area contributed by atoms with Crippen LogP contribution >= 0.6 is 69.6 Å². The van der Waals surface area contributed by atoms with E-state index in [4.69, 9.17) is 88.6 Å². The van der Waals surface area contributed by atoms with E-state index in [0.29, 0.717) is 45.4 Å². The van der Waals surface area contributed by atoms with Gasteiger partial charge in [-0.05, 0) is 203 Å². The van der Waals surface area contributed by atoms with Crippen LogP contribution in [0.4, 0.5) is 13.2 Å². The van der Waals surface area contributed by atoms with Crippen molar-refractivity contribution in [2.75, 3.05) is 32.9 Å². The normalized spacial score (nSPS) is 17.2. The number of halogens is 9. The summed E-state index contributed by atoms with van der Waals surface area (Å²) < 4.78 is 76.4. The minimum atomic E-state index is -5.39. The molecule has 120 heavy (non-hydrogen) atoms. The van der Waals surface area contributed by atoms with E-state index in [1.165, 1.54) is 29.7 Å². The van der Waals surface area contributed by atoms with E-state index in [0.717, 1.165) is 56.9 Å². The number of nitrogens with zero attached hydrogens (tertiary/aromatic N) is 4. The van der Waals surface area contributed by atoms with Crippen molar-refractivity contribution in [2.24, 2.45) is 34.5 Å². The standard InChI is InChI=1S/C33H42Cl3N5O6.C19H23NO3.C16H26Cl3N3O4.C8H16O2.C4H9F3O3SSi.Li.H2O/c1-19(2)28(29(44)38-20(3)30(45)41-13-5-6-26(40-41)31(46)47-18-33(34,35)36)39-27(43)16-32(11-12-32)10-9-25-15-24-14-22(21(4)42)7-8-23(24)17-37-25;1-5-23-18(22)19(3,4)9-8-17-11-16-10-14(13(2)21)6-7-15(16)12-20-17;1-9(2)10(3)13(23)20-11(4)14(24)22-7-5-6-12(21-22)15(25)26-8-16(17,18)19;1-6(2)7(9)10-8(3,4)5;1-12(2,3)10-11(8,9)4(5,6)7;;/h7-10,14-15,17,19-21,26,28,40,42H,5-6,11-13,16,18H2,1-4H3,(H,38,44)(H,39,43);6-13,21H,5H2,1-4H3;9-12,21H,5-8H2,1-4H3,(H,20,23);6H,1-5H3;1-3H3;;1H2/q;;;;;+1;/p-1/b10-9+;9-8+;;;;;/t20-,21+,26-,28-;13-;10-,11-,12-;;;;/m010..../s1. The van der Waals surface area contributed by atoms with Crippen LogP contribution in [-0.2, 0) is 76.1 Å². The van der Waals surface area contributed by atoms with E-state index < -0.39 is 110 Å². The zero-order valence-electron chi connectivity index (χ0n) is 71.9. The number of hydrazine groups is 2. The van der Waals surface area contributed by atoms with Gasteiger partial charge in [0.1, 0.15) is 49.0 Å². The average molecular weight is 1850 g/mol. The third kappa shape index (κ3) is 40.3. The maximum atomic E-state index is 13.3. The van der Waals surface area contributed by atoms with Crippen LogP contribution in [0.25, 0.3) is 33.7 Å². The van der Waals surface area contributed by atoms with Crippen molar-refractivity contribution < 1.29 is 122 Å². The van der Waals surface area contributed by atoms with Crippen LogP contribution in [0.1, 0.15) is 197 Å². The number of alkyl halides is 9. The van der Waals surface area contributed by atoms with Gasteiger partial charge in [-0.15, -0.1) is 0 Å². The molecule has 40 heteroatoms. The molecule has 8 N–H and O–H groups in total. The molecule has 0 unspecified atom stereocenters. The number of benzene rings is 2. The molecular formula is C80H117Cl6F3LiN9O19SSi. The zero-order chi connectivity index (χ0) is 90.2. The van der Waals surface area contributed by atoms with Crippen LogP contribution in [0.3, 0.4) is 0 Å². The molecule has 1 saturated carbocycles. The second-order valence-corrected chi connectivity index (χ2v) is 43.9. The number of aliphatic hydroxyl groups excluding tert-OH is 2. The molecule has 7 rings (SSSR count). The average Bonchev–Trinajstić information content (AvgIpc) is 1.65. The Kier molecular flexibility index (Phi) is 45.8. The minimum Gasteiger partial charge on any atom is -0.870 e. The largest absolute Gasteiger partial charge is 1.00 e. The molecule has 0 radical (unpaired) electrons. The predicted molar refractivity (Wildman–Crippen MR) is 456 cm³/mol. The van der Waals surface area contributed by atoms with Gasteiger partial charge in [-0.3, -0.25) is 63.1 Å². The predicted octanol–water partition coefficient (Wildman–Crippen LogP) is 11.1. The Morgan fingerprint density at radius 1 is 0.633 bits per heavy atom. The Balaban J connectivity index is 0.000000836. The molecule has 2 aromatic heterocycles. The number of amides is 5. The van der Waals surface area contributed by atoms with Crippen LogP contribution in [0.15, 0.2) is 73.1 Å². The fourth-order valence-corrected chi connectivity index (χ4v) is 14.1. The molecule has 2 saturated heterocycles. The number of pyridine rings is 2. The molecule has 28 nitrogen and oxygen atoms in total. The number of aliphatic hydroxyl groups is 2. The van der Waals surface area contributed by atoms with Gasteiger partial charge in [0.05, 0.1) is 41.5 Å². The number of rotatable bonds is 26. The van der Waals surface area contributed by atoms with Crippen LogP contribution in [-0.4, -0.2) is 188 Å². The van der Waals surface area contributed by atoms with Gasteiger partial charge in [-0.25, -0.2) is 10.9 Å². The number of ether oxygens (including phenoxy) is 4. The third-order valence-electron chi connectivity index (χ3n) is 17.9. The van der Waals surface area contributed by atoms with Gasteiger partial charge < -0.3 is 54.5 Å². The molecule has 670 valence electrons. The van der Waals surface area contributed by atoms with E-state index in [9.17, 15) is 75.0 Å². The summed E-state index contributed by atoms with van der Waals surface area (Å²) in [5, 5.41) is 34.5. The third-order valence-corrected chi connectivity index (χ3v) is 22.0. The van der Waals surface area contributed by atoms with Crippen LogP contribution in [0.2, 0.25) is 19.6 Å². The number of carbonyl (C=O) groups excluding carboxylic acids is 9. The van der Waals surface area contributed by atoms with Crippen molar-refractivity contribution in [3.8, 4) is 0 Å². The van der Waals surface area contributed by atoms with Crippen molar-refractivity contribution in [2.45, 2.75) is 243 Å². The maximum Gasteiger partial charge on any atom is 1.00 e. The summed E-state index contributed by atoms with van der Waals surface area (Å²) in [5.74, 6) is -3.65. The number of aromatic nitrogens is 2. The molecule has 2 aromatic carbocycles. The smallest absolute Gasteiger partial charge is 0.870 e. The van der Waals surface area contributed by atoms with E-state index in [1.807, 2.05) is 150 Å². The monoisotopic (exact) mass is 1840 g/mol. The Morgan fingerprint density at radius 3 is 1.40 bits per heavy atom. The molecular weight excluding hydrogens is 1730 g/mol. The number of nitrogens with one attached hydrogen (secondary N) is 5. The van der Waals surface area contributed by atoms with Gasteiger partial charge in [-0.1, -0.05) is 154 Å². The van der Waals surface area contributed by atoms with Crippen molar-refractivity contribution in [1.82, 2.24) is 46.8 Å². The molecule has 0 bridgehead atoms. The van der Waals surface area contributed by atoms with Gasteiger partial charge in [-0.2, -0.15) is 21.6 Å². The van der Waals surface area contributed by atoms with Gasteiger partial charge in [0, 0.05) is 48.6 Å². The first kappa shape index (κ1) is 112. The molecule has 3 aliphatic rings. The summed E-state index contributed by atoms with van der Waals surface area (Å²) in [6, 6.07) is 11.4. The zero-order valence-corrected chi connectivity index (χ0v) is 78.2. The summed E-state index contributed by atoms with van der Waals surface area (Å²) in [5.41, 5.74) is 2.18. The van der Waals surface area contributed by atoms with Crippen molar-refractivity contribution in [3.05, 3.63) is 95.6 Å². The second kappa shape index (κ2) is 49.1. The molecule has 4 heterocycles. The summed E-state index contributed by atoms with van der Waals surface area (Å²) in [6.45, 7) is 35.0. The number of hydrogen-bond donors (Lipinski definition) is 7. The molecule has 8 atom stereocenters. The topological polar surface area (TPSA) is 397 Å². The number of esters is 4. The molecule has 1 aliphatic carbocycles. The fourth-order valence-electron chi connectivity index (χ4n) is 10.7. The van der Waals surface area contributed by atoms with Gasteiger partial charge in [0.25, 0.3) is 11.8 Å². The first-order valence-electron chi connectivity index (χ1n) is 38.6. The Bertz CT molecular complexity index is 4260. The van der Waals surface area contributed by atoms with Gasteiger partial charge in [0.2, 0.25) is 33.6 Å². The summed E-state index contributed by atoms with van der Waals surface area (Å²) in [7, 11) is -8.10. The Hall–Kier alpha value is -5.98. The van der Waals surface area contributed by atoms with Gasteiger partial charge in [0.15, 0.2) is 0 Å². The minimum absolute atomic E-state index is 0. The summed E-state index contributed by atoms with van der Waals surface area (Å²) in [4.78, 5) is 120. The summed E-state index contributed by atoms with van der Waals surface area (Å²) in [6.07, 6.45) is 14.0. The maximum absolute atomic E-state index is 13.3.